The van der Waals surface area contributed by atoms with Crippen molar-refractivity contribution < 1.29 is 43.1 Å². The zero-order valence-electron chi connectivity index (χ0n) is 29.0. The van der Waals surface area contributed by atoms with Gasteiger partial charge in [-0.05, 0) is 36.1 Å². The van der Waals surface area contributed by atoms with E-state index < -0.39 is 48.9 Å². The molecule has 1 aliphatic rings. The molecule has 0 unspecified atom stereocenters. The maximum Gasteiger partial charge on any atom is 0.509 e. The first-order valence-electron chi connectivity index (χ1n) is 17.3. The third-order valence-electron chi connectivity index (χ3n) is 8.20. The molecular weight excluding hydrogens is 648 g/mol. The molecule has 1 N–H and O–H groups in total. The van der Waals surface area contributed by atoms with Crippen LogP contribution in [0.15, 0.2) is 121 Å². The number of rotatable bonds is 16. The Morgan fingerprint density at radius 3 is 1.61 bits per heavy atom. The third kappa shape index (κ3) is 12.0. The van der Waals surface area contributed by atoms with Gasteiger partial charge in [-0.1, -0.05) is 133 Å². The molecule has 4 aromatic rings. The molecule has 9 nitrogen and oxygen atoms in total. The second-order valence-corrected chi connectivity index (χ2v) is 12.1. The molecule has 1 fully saturated rings. The van der Waals surface area contributed by atoms with E-state index in [0.717, 1.165) is 22.3 Å². The van der Waals surface area contributed by atoms with E-state index in [2.05, 4.69) is 11.8 Å². The Balaban J connectivity index is 1.47. The zero-order chi connectivity index (χ0) is 35.7. The monoisotopic (exact) mass is 694 g/mol. The number of aliphatic hydroxyl groups is 1. The minimum absolute atomic E-state index is 0.143. The highest BCUT2D eigenvalue weighted by atomic mass is 16.7. The maximum atomic E-state index is 11.9. The van der Waals surface area contributed by atoms with E-state index in [-0.39, 0.29) is 33.0 Å². The van der Waals surface area contributed by atoms with Gasteiger partial charge >= 0.3 is 6.16 Å². The number of carbonyl (C=O) groups excluding carboxylic acids is 1. The van der Waals surface area contributed by atoms with Crippen LogP contribution in [0.3, 0.4) is 0 Å². The van der Waals surface area contributed by atoms with Crippen LogP contribution in [0.1, 0.15) is 36.1 Å². The van der Waals surface area contributed by atoms with Crippen molar-refractivity contribution in [3.05, 3.63) is 144 Å². The van der Waals surface area contributed by atoms with Crippen LogP contribution in [0.5, 0.6) is 0 Å². The van der Waals surface area contributed by atoms with E-state index in [1.165, 1.54) is 0 Å². The minimum atomic E-state index is -1.35. The number of aliphatic hydroxyl groups excluding tert-OH is 1. The van der Waals surface area contributed by atoms with Crippen LogP contribution < -0.4 is 0 Å². The predicted octanol–water partition coefficient (Wildman–Crippen LogP) is 6.65. The lowest BCUT2D eigenvalue weighted by molar-refractivity contribution is -0.282. The third-order valence-corrected chi connectivity index (χ3v) is 8.20. The van der Waals surface area contributed by atoms with Gasteiger partial charge in [0.05, 0.1) is 39.6 Å². The summed E-state index contributed by atoms with van der Waals surface area (Å²) in [6, 6.07) is 39.3. The molecule has 4 aromatic carbocycles. The summed E-state index contributed by atoms with van der Waals surface area (Å²) in [5.74, 6) is 5.64. The van der Waals surface area contributed by atoms with Gasteiger partial charge in [0.2, 0.25) is 0 Å². The molecule has 1 heterocycles. The number of ether oxygens (including phenoxy) is 7. The van der Waals surface area contributed by atoms with Crippen LogP contribution in [0.2, 0.25) is 0 Å². The summed E-state index contributed by atoms with van der Waals surface area (Å²) in [6.45, 7) is 4.72. The topological polar surface area (TPSA) is 102 Å². The SMILES string of the molecule is CCOC(=O)O[C@H](C)C#C[C@@H](O)[C@@H]1O[C@H](COCc2ccccc2)[C@@H](OCc2ccccc2)[C@H](OCc2ccccc2)[C@H]1OCc1ccccc1. The molecule has 0 saturated carbocycles. The van der Waals surface area contributed by atoms with Crippen LogP contribution in [0, 0.1) is 11.8 Å². The summed E-state index contributed by atoms with van der Waals surface area (Å²) in [5, 5.41) is 11.7. The molecule has 0 radical (unpaired) electrons. The smallest absolute Gasteiger partial charge is 0.435 e. The largest absolute Gasteiger partial charge is 0.509 e. The van der Waals surface area contributed by atoms with Crippen molar-refractivity contribution in [3.63, 3.8) is 0 Å². The zero-order valence-corrected chi connectivity index (χ0v) is 29.0. The fourth-order valence-corrected chi connectivity index (χ4v) is 5.69. The number of carbonyl (C=O) groups is 1. The number of hydrogen-bond acceptors (Lipinski definition) is 9. The lowest BCUT2D eigenvalue weighted by Crippen LogP contribution is -2.63. The van der Waals surface area contributed by atoms with Crippen molar-refractivity contribution >= 4 is 6.16 Å². The summed E-state index contributed by atoms with van der Waals surface area (Å²) in [7, 11) is 0. The normalized spacial score (nSPS) is 21.1. The van der Waals surface area contributed by atoms with Gasteiger partial charge in [-0.25, -0.2) is 4.79 Å². The Bertz CT molecular complexity index is 1630. The van der Waals surface area contributed by atoms with Crippen LogP contribution in [-0.4, -0.2) is 67.2 Å². The van der Waals surface area contributed by atoms with E-state index in [1.54, 1.807) is 13.8 Å². The Morgan fingerprint density at radius 2 is 1.12 bits per heavy atom. The van der Waals surface area contributed by atoms with Crippen LogP contribution in [0.25, 0.3) is 0 Å². The molecule has 268 valence electrons. The van der Waals surface area contributed by atoms with Crippen molar-refractivity contribution in [3.8, 4) is 11.8 Å². The van der Waals surface area contributed by atoms with E-state index >= 15 is 0 Å². The van der Waals surface area contributed by atoms with E-state index in [9.17, 15) is 9.90 Å². The van der Waals surface area contributed by atoms with Gasteiger partial charge in [0, 0.05) is 0 Å². The van der Waals surface area contributed by atoms with Crippen molar-refractivity contribution in [2.75, 3.05) is 13.2 Å². The Kier molecular flexibility index (Phi) is 15.1. The Labute approximate surface area is 300 Å². The molecule has 51 heavy (non-hydrogen) atoms. The molecule has 0 spiro atoms. The van der Waals surface area contributed by atoms with Crippen molar-refractivity contribution in [2.24, 2.45) is 0 Å². The highest BCUT2D eigenvalue weighted by Gasteiger charge is 2.50. The van der Waals surface area contributed by atoms with Gasteiger partial charge < -0.3 is 38.3 Å². The molecule has 0 bridgehead atoms. The van der Waals surface area contributed by atoms with E-state index in [0.29, 0.717) is 6.61 Å². The molecule has 9 heteroatoms. The minimum Gasteiger partial charge on any atom is -0.435 e. The lowest BCUT2D eigenvalue weighted by Gasteiger charge is -2.47. The Morgan fingerprint density at radius 1 is 0.667 bits per heavy atom. The van der Waals surface area contributed by atoms with Crippen LogP contribution >= 0.6 is 0 Å². The summed E-state index contributed by atoms with van der Waals surface area (Å²) in [6.07, 6.45) is -6.90. The number of benzene rings is 4. The predicted molar refractivity (Wildman–Crippen MR) is 191 cm³/mol. The maximum absolute atomic E-state index is 11.9. The first-order valence-corrected chi connectivity index (χ1v) is 17.3. The van der Waals surface area contributed by atoms with Gasteiger partial charge in [-0.3, -0.25) is 0 Å². The van der Waals surface area contributed by atoms with Crippen molar-refractivity contribution in [2.45, 2.75) is 83.0 Å². The van der Waals surface area contributed by atoms with Crippen molar-refractivity contribution in [1.82, 2.24) is 0 Å². The molecule has 1 aliphatic heterocycles. The van der Waals surface area contributed by atoms with E-state index in [1.807, 2.05) is 121 Å². The van der Waals surface area contributed by atoms with Gasteiger partial charge in [-0.2, -0.15) is 0 Å². The molecule has 0 amide bonds. The summed E-state index contributed by atoms with van der Waals surface area (Å²) in [5.41, 5.74) is 3.89. The molecule has 0 aliphatic carbocycles. The molecule has 1 saturated heterocycles. The van der Waals surface area contributed by atoms with E-state index in [4.69, 9.17) is 33.2 Å². The molecule has 5 rings (SSSR count). The summed E-state index contributed by atoms with van der Waals surface area (Å²) in [4.78, 5) is 11.9. The van der Waals surface area contributed by atoms with Gasteiger partial charge in [-0.15, -0.1) is 0 Å². The number of hydrogen-bond donors (Lipinski definition) is 1. The fourth-order valence-electron chi connectivity index (χ4n) is 5.69. The second kappa shape index (κ2) is 20.4. The van der Waals surface area contributed by atoms with Gasteiger partial charge in [0.1, 0.15) is 36.6 Å². The summed E-state index contributed by atoms with van der Waals surface area (Å²) < 4.78 is 43.0. The van der Waals surface area contributed by atoms with Gasteiger partial charge in [0.15, 0.2) is 6.10 Å². The van der Waals surface area contributed by atoms with Gasteiger partial charge in [0.25, 0.3) is 0 Å². The lowest BCUT2D eigenvalue weighted by atomic mass is 9.91. The molecular formula is C42H46O9. The first-order chi connectivity index (χ1) is 25.0. The highest BCUT2D eigenvalue weighted by Crippen LogP contribution is 2.32. The second-order valence-electron chi connectivity index (χ2n) is 12.1. The summed E-state index contributed by atoms with van der Waals surface area (Å²) >= 11 is 0. The standard InChI is InChI=1S/C42H46O9/c1-3-46-42(44)50-31(2)24-25-36(43)38-40(48-28-34-20-12-6-13-21-34)41(49-29-35-22-14-7-15-23-35)39(47-27-33-18-10-5-11-19-33)37(51-38)30-45-26-32-16-8-4-9-17-32/h4-23,31,36-41,43H,3,26-30H2,1-2H3/t31-,36-,37-,38+,39-,40+,41+/m1/s1. The average Bonchev–Trinajstić information content (AvgIpc) is 3.16. The van der Waals surface area contributed by atoms with Crippen LogP contribution in [-0.2, 0) is 59.6 Å². The molecule has 7 atom stereocenters. The fraction of sp³-hybridized carbons (Fsp3) is 0.357. The Hall–Kier alpha value is -4.53. The highest BCUT2D eigenvalue weighted by molar-refractivity contribution is 5.60. The first kappa shape index (κ1) is 37.7. The average molecular weight is 695 g/mol. The molecule has 0 aromatic heterocycles. The quantitative estimate of drug-likeness (QED) is 0.102. The van der Waals surface area contributed by atoms with Crippen LogP contribution in [0.4, 0.5) is 4.79 Å². The van der Waals surface area contributed by atoms with Crippen molar-refractivity contribution in [1.29, 1.82) is 0 Å².